The van der Waals surface area contributed by atoms with E-state index >= 15 is 0 Å². The minimum atomic E-state index is -3.68. The molecule has 0 unspecified atom stereocenters. The molecule has 3 rings (SSSR count). The first-order valence-corrected chi connectivity index (χ1v) is 10.2. The summed E-state index contributed by atoms with van der Waals surface area (Å²) in [6.07, 6.45) is 2.34. The third kappa shape index (κ3) is 4.54. The Kier molecular flexibility index (Phi) is 5.19. The number of hydrogen-bond acceptors (Lipinski definition) is 5. The topological polar surface area (TPSA) is 88.2 Å². The normalized spacial score (nSPS) is 14.5. The molecular formula is C15H16ClN3O3S2. The third-order valence-corrected chi connectivity index (χ3v) is 5.98. The van der Waals surface area contributed by atoms with Crippen LogP contribution in [0, 0.1) is 0 Å². The summed E-state index contributed by atoms with van der Waals surface area (Å²) in [7, 11) is -3.68. The summed E-state index contributed by atoms with van der Waals surface area (Å²) in [5.41, 5.74) is 1.02. The molecule has 1 saturated carbocycles. The van der Waals surface area contributed by atoms with Crippen LogP contribution in [0.15, 0.2) is 34.5 Å². The average Bonchev–Trinajstić information content (AvgIpc) is 3.27. The van der Waals surface area contributed by atoms with Gasteiger partial charge in [0.15, 0.2) is 5.13 Å². The number of carbonyl (C=O) groups is 1. The van der Waals surface area contributed by atoms with Crippen LogP contribution in [0.25, 0.3) is 0 Å². The number of hydrogen-bond donors (Lipinski definition) is 2. The number of thiazole rings is 1. The molecule has 0 bridgehead atoms. The lowest BCUT2D eigenvalue weighted by molar-refractivity contribution is -0.116. The van der Waals surface area contributed by atoms with E-state index in [0.717, 1.165) is 18.5 Å². The molecule has 1 aliphatic rings. The third-order valence-electron chi connectivity index (χ3n) is 3.51. The van der Waals surface area contributed by atoms with Crippen molar-refractivity contribution in [3.63, 3.8) is 0 Å². The fraction of sp³-hybridized carbons (Fsp3) is 0.333. The van der Waals surface area contributed by atoms with Crippen molar-refractivity contribution < 1.29 is 13.2 Å². The molecule has 24 heavy (non-hydrogen) atoms. The Bertz CT molecular complexity index is 847. The van der Waals surface area contributed by atoms with Gasteiger partial charge in [-0.2, -0.15) is 0 Å². The Morgan fingerprint density at radius 1 is 1.38 bits per heavy atom. The van der Waals surface area contributed by atoms with E-state index in [4.69, 9.17) is 11.6 Å². The van der Waals surface area contributed by atoms with Gasteiger partial charge in [-0.1, -0.05) is 17.7 Å². The number of halogens is 1. The standard InChI is InChI=1S/C15H16ClN3O3S2/c16-11-2-1-3-12(8-11)24(21,22)17-7-6-14(20)19-15-18-13(9-23-15)10-4-5-10/h1-3,8-10,17H,4-7H2,(H,18,19,20). The highest BCUT2D eigenvalue weighted by Gasteiger charge is 2.26. The van der Waals surface area contributed by atoms with Crippen molar-refractivity contribution >= 4 is 44.0 Å². The number of sulfonamides is 1. The van der Waals surface area contributed by atoms with Gasteiger partial charge in [0, 0.05) is 29.3 Å². The van der Waals surface area contributed by atoms with Gasteiger partial charge in [-0.3, -0.25) is 4.79 Å². The number of nitrogens with one attached hydrogen (secondary N) is 2. The van der Waals surface area contributed by atoms with Crippen molar-refractivity contribution in [2.75, 3.05) is 11.9 Å². The first-order chi connectivity index (χ1) is 11.4. The van der Waals surface area contributed by atoms with Crippen molar-refractivity contribution in [2.45, 2.75) is 30.1 Å². The van der Waals surface area contributed by atoms with Gasteiger partial charge in [0.25, 0.3) is 0 Å². The van der Waals surface area contributed by atoms with E-state index in [0.29, 0.717) is 16.1 Å². The summed E-state index contributed by atoms with van der Waals surface area (Å²) >= 11 is 7.18. The maximum atomic E-state index is 12.1. The second-order valence-electron chi connectivity index (χ2n) is 5.51. The number of amides is 1. The van der Waals surface area contributed by atoms with Crippen LogP contribution in [0.2, 0.25) is 5.02 Å². The zero-order chi connectivity index (χ0) is 17.2. The predicted octanol–water partition coefficient (Wildman–Crippen LogP) is 2.98. The number of anilines is 1. The summed E-state index contributed by atoms with van der Waals surface area (Å²) in [6.45, 7) is 0.00153. The SMILES string of the molecule is O=C(CCNS(=O)(=O)c1cccc(Cl)c1)Nc1nc(C2CC2)cs1. The van der Waals surface area contributed by atoms with Gasteiger partial charge in [0.1, 0.15) is 0 Å². The molecule has 2 N–H and O–H groups in total. The smallest absolute Gasteiger partial charge is 0.240 e. The average molecular weight is 386 g/mol. The van der Waals surface area contributed by atoms with E-state index in [9.17, 15) is 13.2 Å². The van der Waals surface area contributed by atoms with Crippen LogP contribution in [0.1, 0.15) is 30.9 Å². The van der Waals surface area contributed by atoms with Crippen LogP contribution in [0.5, 0.6) is 0 Å². The highest BCUT2D eigenvalue weighted by Crippen LogP contribution is 2.40. The van der Waals surface area contributed by atoms with Gasteiger partial charge in [0.2, 0.25) is 15.9 Å². The molecule has 128 valence electrons. The molecule has 1 aromatic heterocycles. The van der Waals surface area contributed by atoms with E-state index in [2.05, 4.69) is 15.0 Å². The molecule has 0 saturated heterocycles. The predicted molar refractivity (Wildman–Crippen MR) is 94.0 cm³/mol. The summed E-state index contributed by atoms with van der Waals surface area (Å²) < 4.78 is 26.6. The molecule has 2 aromatic rings. The number of carbonyl (C=O) groups excluding carboxylic acids is 1. The molecule has 1 fully saturated rings. The minimum absolute atomic E-state index is 0.00153. The van der Waals surface area contributed by atoms with Crippen LogP contribution in [0.4, 0.5) is 5.13 Å². The first-order valence-electron chi connectivity index (χ1n) is 7.44. The molecule has 6 nitrogen and oxygen atoms in total. The molecular weight excluding hydrogens is 370 g/mol. The second kappa shape index (κ2) is 7.18. The van der Waals surface area contributed by atoms with Crippen molar-refractivity contribution in [1.29, 1.82) is 0 Å². The molecule has 9 heteroatoms. The monoisotopic (exact) mass is 385 g/mol. The Labute approximate surface area is 149 Å². The molecule has 1 aromatic carbocycles. The van der Waals surface area contributed by atoms with E-state index in [1.807, 2.05) is 5.38 Å². The summed E-state index contributed by atoms with van der Waals surface area (Å²) in [5.74, 6) is 0.261. The Morgan fingerprint density at radius 3 is 2.88 bits per heavy atom. The second-order valence-corrected chi connectivity index (χ2v) is 8.57. The Hall–Kier alpha value is -1.48. The van der Waals surface area contributed by atoms with Crippen molar-refractivity contribution in [1.82, 2.24) is 9.71 Å². The van der Waals surface area contributed by atoms with Gasteiger partial charge in [0.05, 0.1) is 10.6 Å². The molecule has 0 aliphatic heterocycles. The molecule has 0 spiro atoms. The lowest BCUT2D eigenvalue weighted by atomic mass is 10.3. The van der Waals surface area contributed by atoms with Crippen molar-refractivity contribution in [2.24, 2.45) is 0 Å². The van der Waals surface area contributed by atoms with E-state index in [1.165, 1.54) is 23.5 Å². The van der Waals surface area contributed by atoms with Crippen molar-refractivity contribution in [3.8, 4) is 0 Å². The molecule has 1 amide bonds. The molecule has 0 atom stereocenters. The number of aromatic nitrogens is 1. The van der Waals surface area contributed by atoms with Crippen molar-refractivity contribution in [3.05, 3.63) is 40.4 Å². The van der Waals surface area contributed by atoms with Crippen LogP contribution in [0.3, 0.4) is 0 Å². The quantitative estimate of drug-likeness (QED) is 0.766. The van der Waals surface area contributed by atoms with Gasteiger partial charge >= 0.3 is 0 Å². The lowest BCUT2D eigenvalue weighted by Crippen LogP contribution is -2.27. The zero-order valence-electron chi connectivity index (χ0n) is 12.7. The van der Waals surface area contributed by atoms with E-state index in [1.54, 1.807) is 12.1 Å². The van der Waals surface area contributed by atoms with Gasteiger partial charge in [-0.05, 0) is 31.0 Å². The molecule has 1 aliphatic carbocycles. The lowest BCUT2D eigenvalue weighted by Gasteiger charge is -2.07. The van der Waals surface area contributed by atoms with Gasteiger partial charge in [-0.25, -0.2) is 18.1 Å². The molecule has 1 heterocycles. The fourth-order valence-electron chi connectivity index (χ4n) is 2.11. The Morgan fingerprint density at radius 2 is 2.17 bits per heavy atom. The number of rotatable bonds is 7. The number of benzene rings is 1. The van der Waals surface area contributed by atoms with Gasteiger partial charge in [-0.15, -0.1) is 11.3 Å². The highest BCUT2D eigenvalue weighted by molar-refractivity contribution is 7.89. The number of nitrogens with zero attached hydrogens (tertiary/aromatic N) is 1. The van der Waals surface area contributed by atoms with Crippen LogP contribution in [-0.4, -0.2) is 25.9 Å². The largest absolute Gasteiger partial charge is 0.302 e. The molecule has 0 radical (unpaired) electrons. The highest BCUT2D eigenvalue weighted by atomic mass is 35.5. The fourth-order valence-corrected chi connectivity index (χ4v) is 4.25. The zero-order valence-corrected chi connectivity index (χ0v) is 15.0. The maximum Gasteiger partial charge on any atom is 0.240 e. The van der Waals surface area contributed by atoms with Crippen LogP contribution >= 0.6 is 22.9 Å². The Balaban J connectivity index is 1.49. The maximum absolute atomic E-state index is 12.1. The first kappa shape index (κ1) is 17.3. The summed E-state index contributed by atoms with van der Waals surface area (Å²) in [6, 6.07) is 5.96. The van der Waals surface area contributed by atoms with Crippen LogP contribution in [-0.2, 0) is 14.8 Å². The van der Waals surface area contributed by atoms with E-state index < -0.39 is 10.0 Å². The van der Waals surface area contributed by atoms with E-state index in [-0.39, 0.29) is 23.8 Å². The summed E-state index contributed by atoms with van der Waals surface area (Å²) in [4.78, 5) is 16.3. The van der Waals surface area contributed by atoms with Crippen LogP contribution < -0.4 is 10.0 Å². The minimum Gasteiger partial charge on any atom is -0.302 e. The van der Waals surface area contributed by atoms with Gasteiger partial charge < -0.3 is 5.32 Å². The summed E-state index contributed by atoms with van der Waals surface area (Å²) in [5, 5.41) is 5.54.